The predicted octanol–water partition coefficient (Wildman–Crippen LogP) is 6.84. The van der Waals surface area contributed by atoms with Crippen LogP contribution in [0.1, 0.15) is 53.4 Å². The summed E-state index contributed by atoms with van der Waals surface area (Å²) in [5.74, 6) is -0.313. The van der Waals surface area contributed by atoms with Crippen LogP contribution in [0.25, 0.3) is 0 Å². The minimum absolute atomic E-state index is 0.112. The highest BCUT2D eigenvalue weighted by atomic mass is 16.5. The summed E-state index contributed by atoms with van der Waals surface area (Å²) < 4.78 is 11.9. The molecule has 0 spiro atoms. The van der Waals surface area contributed by atoms with Gasteiger partial charge in [-0.1, -0.05) is 93.6 Å². The summed E-state index contributed by atoms with van der Waals surface area (Å²) in [5, 5.41) is 10.9. The number of hydrogen-bond donors (Lipinski definition) is 1. The lowest BCUT2D eigenvalue weighted by molar-refractivity contribution is -0.143. The van der Waals surface area contributed by atoms with Gasteiger partial charge in [-0.25, -0.2) is 4.79 Å². The fraction of sp³-hybridized carbons (Fsp3) is 0.257. The molecule has 0 fully saturated rings. The minimum atomic E-state index is -1.55. The van der Waals surface area contributed by atoms with Crippen LogP contribution < -0.4 is 14.4 Å². The van der Waals surface area contributed by atoms with Gasteiger partial charge in [0.25, 0.3) is 5.91 Å². The van der Waals surface area contributed by atoms with E-state index in [1.54, 1.807) is 25.3 Å². The van der Waals surface area contributed by atoms with Gasteiger partial charge in [0.1, 0.15) is 18.1 Å². The molecule has 4 aromatic rings. The molecule has 210 valence electrons. The van der Waals surface area contributed by atoms with E-state index in [9.17, 15) is 14.7 Å². The smallest absolute Gasteiger partial charge is 0.330 e. The van der Waals surface area contributed by atoms with Crippen molar-refractivity contribution in [1.29, 1.82) is 0 Å². The van der Waals surface area contributed by atoms with Gasteiger partial charge >= 0.3 is 5.97 Å². The first-order chi connectivity index (χ1) is 19.6. The standard InChI is InChI=1S/C35H35NO5/c1-34(2,3)28-19-18-26(20-31(28)40-4)32(37)36-29-16-11-17-30(41-23-25-14-9-6-10-15-25)27(29)22-35(36,33(38)39)21-24-12-7-5-8-13-24/h5-20H,21-23H2,1-4H3,(H,38,39). The molecule has 4 aromatic carbocycles. The molecule has 6 nitrogen and oxygen atoms in total. The van der Waals surface area contributed by atoms with E-state index < -0.39 is 17.4 Å². The molecule has 0 aromatic heterocycles. The Morgan fingerprint density at radius 3 is 2.12 bits per heavy atom. The molecule has 1 heterocycles. The van der Waals surface area contributed by atoms with Gasteiger partial charge in [-0.05, 0) is 46.4 Å². The van der Waals surface area contributed by atoms with Gasteiger partial charge in [0, 0.05) is 24.0 Å². The monoisotopic (exact) mass is 549 g/mol. The third-order valence-electron chi connectivity index (χ3n) is 7.68. The predicted molar refractivity (Wildman–Crippen MR) is 160 cm³/mol. The number of methoxy groups -OCH3 is 1. The Labute approximate surface area is 241 Å². The molecule has 1 unspecified atom stereocenters. The number of carboxylic acids is 1. The Hall–Kier alpha value is -4.58. The summed E-state index contributed by atoms with van der Waals surface area (Å²) in [7, 11) is 1.58. The zero-order chi connectivity index (χ0) is 29.2. The highest BCUT2D eigenvalue weighted by molar-refractivity contribution is 6.13. The first kappa shape index (κ1) is 28.0. The lowest BCUT2D eigenvalue weighted by Crippen LogP contribution is -2.57. The van der Waals surface area contributed by atoms with Crippen LogP contribution in [0.2, 0.25) is 0 Å². The molecule has 0 saturated carbocycles. The third kappa shape index (κ3) is 5.42. The summed E-state index contributed by atoms with van der Waals surface area (Å²) in [5.41, 5.74) is 2.63. The van der Waals surface area contributed by atoms with Crippen LogP contribution in [0.5, 0.6) is 11.5 Å². The lowest BCUT2D eigenvalue weighted by atomic mass is 9.85. The molecule has 1 aliphatic rings. The Kier molecular flexibility index (Phi) is 7.59. The van der Waals surface area contributed by atoms with Crippen molar-refractivity contribution in [2.45, 2.75) is 51.2 Å². The number of rotatable bonds is 8. The minimum Gasteiger partial charge on any atom is -0.496 e. The van der Waals surface area contributed by atoms with Gasteiger partial charge < -0.3 is 14.6 Å². The van der Waals surface area contributed by atoms with Crippen LogP contribution in [0.4, 0.5) is 5.69 Å². The molecular formula is C35H35NO5. The van der Waals surface area contributed by atoms with E-state index >= 15 is 0 Å². The average Bonchev–Trinajstić information content (AvgIpc) is 3.31. The van der Waals surface area contributed by atoms with E-state index in [1.807, 2.05) is 78.9 Å². The second-order valence-electron chi connectivity index (χ2n) is 11.5. The molecule has 1 amide bonds. The molecule has 0 bridgehead atoms. The SMILES string of the molecule is COc1cc(C(=O)N2c3cccc(OCc4ccccc4)c3CC2(Cc2ccccc2)C(=O)O)ccc1C(C)(C)C. The number of aliphatic carboxylic acids is 1. The van der Waals surface area contributed by atoms with Crippen molar-refractivity contribution in [2.75, 3.05) is 12.0 Å². The topological polar surface area (TPSA) is 76.1 Å². The molecule has 0 aliphatic carbocycles. The van der Waals surface area contributed by atoms with Gasteiger partial charge in [0.05, 0.1) is 12.8 Å². The van der Waals surface area contributed by atoms with Crippen molar-refractivity contribution in [3.8, 4) is 11.5 Å². The zero-order valence-electron chi connectivity index (χ0n) is 23.9. The number of anilines is 1. The molecule has 0 radical (unpaired) electrons. The van der Waals surface area contributed by atoms with Crippen LogP contribution in [0, 0.1) is 0 Å². The van der Waals surface area contributed by atoms with Crippen molar-refractivity contribution in [2.24, 2.45) is 0 Å². The molecule has 1 aliphatic heterocycles. The quantitative estimate of drug-likeness (QED) is 0.260. The first-order valence-corrected chi connectivity index (χ1v) is 13.7. The Balaban J connectivity index is 1.62. The van der Waals surface area contributed by atoms with E-state index in [-0.39, 0.29) is 18.3 Å². The summed E-state index contributed by atoms with van der Waals surface area (Å²) in [6.45, 7) is 6.56. The van der Waals surface area contributed by atoms with Crippen LogP contribution in [-0.4, -0.2) is 29.6 Å². The first-order valence-electron chi connectivity index (χ1n) is 13.7. The fourth-order valence-corrected chi connectivity index (χ4v) is 5.61. The van der Waals surface area contributed by atoms with E-state index in [0.29, 0.717) is 34.9 Å². The maximum Gasteiger partial charge on any atom is 0.330 e. The molecular weight excluding hydrogens is 514 g/mol. The second kappa shape index (κ2) is 11.1. The molecule has 1 N–H and O–H groups in total. The highest BCUT2D eigenvalue weighted by Gasteiger charge is 2.54. The molecule has 0 saturated heterocycles. The largest absolute Gasteiger partial charge is 0.496 e. The molecule has 41 heavy (non-hydrogen) atoms. The maximum absolute atomic E-state index is 14.4. The van der Waals surface area contributed by atoms with Crippen molar-refractivity contribution in [3.05, 3.63) is 125 Å². The molecule has 6 heteroatoms. The zero-order valence-corrected chi connectivity index (χ0v) is 23.9. The second-order valence-corrected chi connectivity index (χ2v) is 11.5. The highest BCUT2D eigenvalue weighted by Crippen LogP contribution is 2.46. The van der Waals surface area contributed by atoms with Crippen molar-refractivity contribution in [3.63, 3.8) is 0 Å². The maximum atomic E-state index is 14.4. The summed E-state index contributed by atoms with van der Waals surface area (Å²) in [4.78, 5) is 29.1. The average molecular weight is 550 g/mol. The number of amides is 1. The number of nitrogens with zero attached hydrogens (tertiary/aromatic N) is 1. The van der Waals surface area contributed by atoms with Crippen LogP contribution in [0.3, 0.4) is 0 Å². The number of benzene rings is 4. The van der Waals surface area contributed by atoms with Crippen LogP contribution in [0.15, 0.2) is 97.1 Å². The lowest BCUT2D eigenvalue weighted by Gasteiger charge is -2.35. The third-order valence-corrected chi connectivity index (χ3v) is 7.68. The van der Waals surface area contributed by atoms with Crippen molar-refractivity contribution < 1.29 is 24.2 Å². The van der Waals surface area contributed by atoms with Crippen LogP contribution in [-0.2, 0) is 29.7 Å². The number of carboxylic acid groups (broad SMARTS) is 1. The van der Waals surface area contributed by atoms with E-state index in [0.717, 1.165) is 16.7 Å². The van der Waals surface area contributed by atoms with Gasteiger partial charge in [-0.15, -0.1) is 0 Å². The fourth-order valence-electron chi connectivity index (χ4n) is 5.61. The number of fused-ring (bicyclic) bond motifs is 1. The van der Waals surface area contributed by atoms with Gasteiger partial charge in [-0.3, -0.25) is 9.69 Å². The summed E-state index contributed by atoms with van der Waals surface area (Å²) >= 11 is 0. The van der Waals surface area contributed by atoms with Gasteiger partial charge in [-0.2, -0.15) is 0 Å². The van der Waals surface area contributed by atoms with Crippen LogP contribution >= 0.6 is 0 Å². The van der Waals surface area contributed by atoms with Crippen molar-refractivity contribution in [1.82, 2.24) is 0 Å². The van der Waals surface area contributed by atoms with E-state index in [4.69, 9.17) is 9.47 Å². The van der Waals surface area contributed by atoms with Gasteiger partial charge in [0.2, 0.25) is 0 Å². The van der Waals surface area contributed by atoms with E-state index in [1.165, 1.54) is 4.90 Å². The number of hydrogen-bond acceptors (Lipinski definition) is 4. The Morgan fingerprint density at radius 2 is 1.51 bits per heavy atom. The summed E-state index contributed by atoms with van der Waals surface area (Å²) in [6.07, 6.45) is 0.249. The number of carbonyl (C=O) groups excluding carboxylic acids is 1. The molecule has 5 rings (SSSR count). The van der Waals surface area contributed by atoms with E-state index in [2.05, 4.69) is 20.8 Å². The number of carbonyl (C=O) groups is 2. The number of ether oxygens (including phenoxy) is 2. The summed E-state index contributed by atoms with van der Waals surface area (Å²) in [6, 6.07) is 30.0. The van der Waals surface area contributed by atoms with Gasteiger partial charge in [0.15, 0.2) is 5.54 Å². The molecule has 1 atom stereocenters. The Bertz CT molecular complexity index is 1560. The van der Waals surface area contributed by atoms with Crippen molar-refractivity contribution >= 4 is 17.6 Å². The Morgan fingerprint density at radius 1 is 0.854 bits per heavy atom. The normalized spacial score (nSPS) is 16.2.